The first kappa shape index (κ1) is 22.1. The molecule has 0 radical (unpaired) electrons. The molecule has 33 heavy (non-hydrogen) atoms. The van der Waals surface area contributed by atoms with Gasteiger partial charge in [0.05, 0.1) is 5.02 Å². The van der Waals surface area contributed by atoms with Crippen LogP contribution in [-0.2, 0) is 11.4 Å². The highest BCUT2D eigenvalue weighted by molar-refractivity contribution is 6.32. The average molecular weight is 453 g/mol. The highest BCUT2D eigenvalue weighted by Crippen LogP contribution is 2.28. The summed E-state index contributed by atoms with van der Waals surface area (Å²) in [5, 5.41) is 15.0. The van der Waals surface area contributed by atoms with Gasteiger partial charge in [0, 0.05) is 5.69 Å². The number of ether oxygens (including phenoxy) is 1. The van der Waals surface area contributed by atoms with Crippen LogP contribution in [0.5, 0.6) is 5.75 Å². The number of nitriles is 1. The number of anilines is 1. The van der Waals surface area contributed by atoms with E-state index in [1.54, 1.807) is 24.3 Å². The molecule has 0 saturated carbocycles. The molecule has 0 unspecified atom stereocenters. The van der Waals surface area contributed by atoms with Gasteiger partial charge in [-0.25, -0.2) is 0 Å². The van der Waals surface area contributed by atoms with Crippen molar-refractivity contribution >= 4 is 40.0 Å². The molecule has 4 aromatic rings. The van der Waals surface area contributed by atoms with Crippen LogP contribution in [0.25, 0.3) is 16.8 Å². The zero-order chi connectivity index (χ0) is 23.2. The number of nitrogens with zero attached hydrogens (tertiary/aromatic N) is 1. The number of aryl methyl sites for hydroxylation is 1. The van der Waals surface area contributed by atoms with Crippen LogP contribution in [0.2, 0.25) is 5.02 Å². The number of rotatable bonds is 6. The molecule has 0 saturated heterocycles. The van der Waals surface area contributed by atoms with Crippen molar-refractivity contribution in [3.8, 4) is 11.8 Å². The fourth-order valence-electron chi connectivity index (χ4n) is 3.43. The number of carbonyl (C=O) groups excluding carboxylic acids is 1. The lowest BCUT2D eigenvalue weighted by Crippen LogP contribution is -2.14. The molecule has 0 fully saturated rings. The molecule has 0 aromatic heterocycles. The van der Waals surface area contributed by atoms with E-state index >= 15 is 0 Å². The van der Waals surface area contributed by atoms with Gasteiger partial charge >= 0.3 is 0 Å². The lowest BCUT2D eigenvalue weighted by Gasteiger charge is -2.10. The highest BCUT2D eigenvalue weighted by atomic mass is 35.5. The fourth-order valence-corrected chi connectivity index (χ4v) is 3.68. The number of carbonyl (C=O) groups is 1. The maximum Gasteiger partial charge on any atom is 0.266 e. The normalized spacial score (nSPS) is 11.1. The first-order chi connectivity index (χ1) is 16.0. The number of hydrogen-bond donors (Lipinski definition) is 1. The van der Waals surface area contributed by atoms with E-state index in [4.69, 9.17) is 16.3 Å². The third-order valence-electron chi connectivity index (χ3n) is 5.23. The van der Waals surface area contributed by atoms with Crippen LogP contribution < -0.4 is 10.1 Å². The van der Waals surface area contributed by atoms with Gasteiger partial charge in [-0.3, -0.25) is 4.79 Å². The lowest BCUT2D eigenvalue weighted by atomic mass is 10.1. The summed E-state index contributed by atoms with van der Waals surface area (Å²) < 4.78 is 5.90. The third-order valence-corrected chi connectivity index (χ3v) is 5.53. The first-order valence-electron chi connectivity index (χ1n) is 10.4. The van der Waals surface area contributed by atoms with E-state index in [0.29, 0.717) is 28.6 Å². The molecule has 1 amide bonds. The van der Waals surface area contributed by atoms with Crippen LogP contribution in [0, 0.1) is 18.3 Å². The Balaban J connectivity index is 1.46. The van der Waals surface area contributed by atoms with Crippen molar-refractivity contribution in [1.82, 2.24) is 0 Å². The Bertz CT molecular complexity index is 1400. The van der Waals surface area contributed by atoms with Gasteiger partial charge in [-0.2, -0.15) is 5.26 Å². The van der Waals surface area contributed by atoms with Gasteiger partial charge in [0.15, 0.2) is 0 Å². The Labute approximate surface area is 197 Å². The minimum Gasteiger partial charge on any atom is -0.487 e. The van der Waals surface area contributed by atoms with Crippen LogP contribution in [-0.4, -0.2) is 5.91 Å². The molecule has 5 heteroatoms. The summed E-state index contributed by atoms with van der Waals surface area (Å²) in [6.45, 7) is 2.27. The minimum absolute atomic E-state index is 0.0147. The number of hydrogen-bond acceptors (Lipinski definition) is 3. The Morgan fingerprint density at radius 3 is 2.52 bits per heavy atom. The summed E-state index contributed by atoms with van der Waals surface area (Å²) in [7, 11) is 0. The van der Waals surface area contributed by atoms with Crippen molar-refractivity contribution in [2.45, 2.75) is 13.5 Å². The standard InChI is InChI=1S/C28H21ClN2O2/c1-19-6-2-5-9-26(19)31-28(32)24(17-30)14-20-11-13-27(25(29)16-20)33-18-21-10-12-22-7-3-4-8-23(22)15-21/h2-16H,18H2,1H3,(H,31,32)/b24-14+. The van der Waals surface area contributed by atoms with Crippen molar-refractivity contribution < 1.29 is 9.53 Å². The van der Waals surface area contributed by atoms with Crippen molar-refractivity contribution in [3.63, 3.8) is 0 Å². The largest absolute Gasteiger partial charge is 0.487 e. The molecule has 4 aromatic carbocycles. The van der Waals surface area contributed by atoms with E-state index < -0.39 is 5.91 Å². The Morgan fingerprint density at radius 2 is 1.76 bits per heavy atom. The number of para-hydroxylation sites is 1. The van der Waals surface area contributed by atoms with E-state index in [9.17, 15) is 10.1 Å². The molecular weight excluding hydrogens is 432 g/mol. The minimum atomic E-state index is -0.473. The number of amides is 1. The Kier molecular flexibility index (Phi) is 6.73. The second-order valence-corrected chi connectivity index (χ2v) is 8.01. The van der Waals surface area contributed by atoms with Gasteiger partial charge in [0.25, 0.3) is 5.91 Å². The number of nitrogens with one attached hydrogen (secondary N) is 1. The fraction of sp³-hybridized carbons (Fsp3) is 0.0714. The van der Waals surface area contributed by atoms with Gasteiger partial charge in [0.2, 0.25) is 0 Å². The molecular formula is C28H21ClN2O2. The van der Waals surface area contributed by atoms with E-state index in [2.05, 4.69) is 29.6 Å². The van der Waals surface area contributed by atoms with Gasteiger partial charge in [-0.05, 0) is 64.7 Å². The van der Waals surface area contributed by atoms with Crippen molar-refractivity contribution in [2.75, 3.05) is 5.32 Å². The van der Waals surface area contributed by atoms with Gasteiger partial charge in [-0.15, -0.1) is 0 Å². The van der Waals surface area contributed by atoms with Crippen LogP contribution in [0.3, 0.4) is 0 Å². The first-order valence-corrected chi connectivity index (χ1v) is 10.8. The third kappa shape index (κ3) is 5.41. The van der Waals surface area contributed by atoms with E-state index in [1.807, 2.05) is 49.4 Å². The van der Waals surface area contributed by atoms with E-state index in [-0.39, 0.29) is 5.57 Å². The predicted octanol–water partition coefficient (Wildman–Crippen LogP) is 6.93. The maximum absolute atomic E-state index is 12.5. The molecule has 0 aliphatic carbocycles. The van der Waals surface area contributed by atoms with Gasteiger partial charge < -0.3 is 10.1 Å². The smallest absolute Gasteiger partial charge is 0.266 e. The molecule has 4 rings (SSSR count). The average Bonchev–Trinajstić information content (AvgIpc) is 2.83. The number of fused-ring (bicyclic) bond motifs is 1. The number of benzene rings is 4. The summed E-state index contributed by atoms with van der Waals surface area (Å²) in [5.74, 6) is 0.0596. The van der Waals surface area contributed by atoms with Crippen LogP contribution in [0.1, 0.15) is 16.7 Å². The Morgan fingerprint density at radius 1 is 1.00 bits per heavy atom. The lowest BCUT2D eigenvalue weighted by molar-refractivity contribution is -0.112. The summed E-state index contributed by atoms with van der Waals surface area (Å²) in [5.41, 5.74) is 3.24. The number of halogens is 1. The van der Waals surface area contributed by atoms with Crippen molar-refractivity contribution in [2.24, 2.45) is 0 Å². The van der Waals surface area contributed by atoms with E-state index in [1.165, 1.54) is 11.5 Å². The molecule has 162 valence electrons. The molecule has 0 aliphatic rings. The molecule has 4 nitrogen and oxygen atoms in total. The monoisotopic (exact) mass is 452 g/mol. The molecule has 0 atom stereocenters. The quantitative estimate of drug-likeness (QED) is 0.255. The summed E-state index contributed by atoms with van der Waals surface area (Å²) >= 11 is 6.41. The zero-order valence-corrected chi connectivity index (χ0v) is 18.8. The SMILES string of the molecule is Cc1ccccc1NC(=O)/C(C#N)=C/c1ccc(OCc2ccc3ccccc3c2)c(Cl)c1. The second kappa shape index (κ2) is 10.0. The van der Waals surface area contributed by atoms with Crippen LogP contribution in [0.15, 0.2) is 90.5 Å². The summed E-state index contributed by atoms with van der Waals surface area (Å²) in [6.07, 6.45) is 1.51. The molecule has 0 heterocycles. The maximum atomic E-state index is 12.5. The van der Waals surface area contributed by atoms with Gasteiger partial charge in [-0.1, -0.05) is 72.3 Å². The molecule has 0 spiro atoms. The predicted molar refractivity (Wildman–Crippen MR) is 133 cm³/mol. The summed E-state index contributed by atoms with van der Waals surface area (Å²) in [6, 6.07) is 28.9. The molecule has 1 N–H and O–H groups in total. The Hall–Kier alpha value is -4.07. The topological polar surface area (TPSA) is 62.1 Å². The van der Waals surface area contributed by atoms with Crippen LogP contribution >= 0.6 is 11.6 Å². The second-order valence-electron chi connectivity index (χ2n) is 7.60. The van der Waals surface area contributed by atoms with E-state index in [0.717, 1.165) is 16.5 Å². The zero-order valence-electron chi connectivity index (χ0n) is 18.0. The van der Waals surface area contributed by atoms with Crippen LogP contribution in [0.4, 0.5) is 5.69 Å². The van der Waals surface area contributed by atoms with Crippen molar-refractivity contribution in [3.05, 3.63) is 112 Å². The molecule has 0 bridgehead atoms. The van der Waals surface area contributed by atoms with Crippen molar-refractivity contribution in [1.29, 1.82) is 5.26 Å². The highest BCUT2D eigenvalue weighted by Gasteiger charge is 2.11. The summed E-state index contributed by atoms with van der Waals surface area (Å²) in [4.78, 5) is 12.5. The molecule has 0 aliphatic heterocycles. The van der Waals surface area contributed by atoms with Gasteiger partial charge in [0.1, 0.15) is 24.0 Å².